The zero-order valence-electron chi connectivity index (χ0n) is 17.1. The topological polar surface area (TPSA) is 125 Å². The van der Waals surface area contributed by atoms with E-state index in [0.717, 1.165) is 17.1 Å². The number of rotatable bonds is 10. The molecule has 9 nitrogen and oxygen atoms in total. The van der Waals surface area contributed by atoms with Gasteiger partial charge in [-0.3, -0.25) is 28.9 Å². The molecule has 0 radical (unpaired) electrons. The third-order valence-corrected chi connectivity index (χ3v) is 4.17. The van der Waals surface area contributed by atoms with Crippen molar-refractivity contribution in [3.63, 3.8) is 0 Å². The summed E-state index contributed by atoms with van der Waals surface area (Å²) in [7, 11) is 0. The Morgan fingerprint density at radius 3 is 2.00 bits per heavy atom. The molecule has 0 aromatic carbocycles. The molecular weight excluding hydrogens is 364 g/mol. The quantitative estimate of drug-likeness (QED) is 0.440. The summed E-state index contributed by atoms with van der Waals surface area (Å²) >= 11 is 0. The second-order valence-corrected chi connectivity index (χ2v) is 7.57. The smallest absolute Gasteiger partial charge is 0.253 e. The van der Waals surface area contributed by atoms with Crippen molar-refractivity contribution in [3.8, 4) is 0 Å². The highest BCUT2D eigenvalue weighted by Crippen LogP contribution is 2.06. The second-order valence-electron chi connectivity index (χ2n) is 7.57. The fourth-order valence-electron chi connectivity index (χ4n) is 2.47. The molecule has 156 valence electrons. The van der Waals surface area contributed by atoms with Crippen LogP contribution in [0.1, 0.15) is 41.0 Å². The van der Waals surface area contributed by atoms with Gasteiger partial charge in [0.1, 0.15) is 12.1 Å². The van der Waals surface area contributed by atoms with Crippen LogP contribution < -0.4 is 16.0 Å². The van der Waals surface area contributed by atoms with Crippen LogP contribution in [0.2, 0.25) is 0 Å². The molecule has 1 rings (SSSR count). The van der Waals surface area contributed by atoms with E-state index in [2.05, 4.69) is 16.0 Å². The fourth-order valence-corrected chi connectivity index (χ4v) is 2.47. The molecule has 0 saturated heterocycles. The number of carbonyl (C=O) groups excluding carboxylic acids is 5. The van der Waals surface area contributed by atoms with Gasteiger partial charge >= 0.3 is 0 Å². The summed E-state index contributed by atoms with van der Waals surface area (Å²) in [4.78, 5) is 60.7. The highest BCUT2D eigenvalue weighted by molar-refractivity contribution is 6.13. The van der Waals surface area contributed by atoms with Gasteiger partial charge in [-0.1, -0.05) is 27.7 Å². The van der Waals surface area contributed by atoms with E-state index in [1.807, 2.05) is 13.8 Å². The Morgan fingerprint density at radius 1 is 0.929 bits per heavy atom. The van der Waals surface area contributed by atoms with Gasteiger partial charge < -0.3 is 16.0 Å². The molecule has 0 fully saturated rings. The van der Waals surface area contributed by atoms with E-state index in [9.17, 15) is 24.0 Å². The maximum Gasteiger partial charge on any atom is 0.253 e. The molecule has 3 N–H and O–H groups in total. The van der Waals surface area contributed by atoms with Gasteiger partial charge in [-0.15, -0.1) is 0 Å². The lowest BCUT2D eigenvalue weighted by molar-refractivity contribution is -0.137. The van der Waals surface area contributed by atoms with Crippen LogP contribution in [0.15, 0.2) is 12.2 Å². The molecule has 2 atom stereocenters. The molecule has 0 aromatic rings. The molecule has 1 aliphatic rings. The predicted molar refractivity (Wildman–Crippen MR) is 103 cm³/mol. The van der Waals surface area contributed by atoms with E-state index in [4.69, 9.17) is 0 Å². The van der Waals surface area contributed by atoms with Crippen molar-refractivity contribution in [2.45, 2.75) is 53.1 Å². The van der Waals surface area contributed by atoms with Crippen LogP contribution in [0, 0.1) is 11.8 Å². The van der Waals surface area contributed by atoms with Crippen LogP contribution in [0.5, 0.6) is 0 Å². The average molecular weight is 394 g/mol. The number of carbonyl (C=O) groups is 5. The number of amides is 5. The third-order valence-electron chi connectivity index (χ3n) is 4.17. The Hall–Kier alpha value is -2.71. The Balaban J connectivity index is 2.55. The van der Waals surface area contributed by atoms with Crippen LogP contribution >= 0.6 is 0 Å². The first kappa shape index (κ1) is 23.3. The lowest BCUT2D eigenvalue weighted by Gasteiger charge is -2.24. The zero-order valence-corrected chi connectivity index (χ0v) is 17.1. The largest absolute Gasteiger partial charge is 0.354 e. The van der Waals surface area contributed by atoms with Crippen molar-refractivity contribution >= 4 is 29.5 Å². The molecule has 0 aliphatic carbocycles. The van der Waals surface area contributed by atoms with Crippen molar-refractivity contribution in [1.29, 1.82) is 0 Å². The van der Waals surface area contributed by atoms with Crippen molar-refractivity contribution in [3.05, 3.63) is 12.2 Å². The van der Waals surface area contributed by atoms with Gasteiger partial charge in [-0.25, -0.2) is 0 Å². The Kier molecular flexibility index (Phi) is 8.81. The summed E-state index contributed by atoms with van der Waals surface area (Å²) in [5, 5.41) is 7.96. The maximum atomic E-state index is 12.5. The van der Waals surface area contributed by atoms with E-state index in [-0.39, 0.29) is 24.8 Å². The molecule has 0 saturated carbocycles. The van der Waals surface area contributed by atoms with Gasteiger partial charge in [0, 0.05) is 31.7 Å². The van der Waals surface area contributed by atoms with Gasteiger partial charge in [-0.05, 0) is 18.8 Å². The highest BCUT2D eigenvalue weighted by Gasteiger charge is 2.28. The Morgan fingerprint density at radius 2 is 1.50 bits per heavy atom. The minimum absolute atomic E-state index is 0.0586. The molecule has 5 amide bonds. The summed E-state index contributed by atoms with van der Waals surface area (Å²) in [6.07, 6.45) is 2.19. The summed E-state index contributed by atoms with van der Waals surface area (Å²) < 4.78 is 0. The molecule has 1 aliphatic heterocycles. The van der Waals surface area contributed by atoms with Crippen molar-refractivity contribution in [2.75, 3.05) is 13.1 Å². The summed E-state index contributed by atoms with van der Waals surface area (Å²) in [6, 6.07) is -1.58. The number of imide groups is 1. The second kappa shape index (κ2) is 10.6. The molecule has 0 aromatic heterocycles. The lowest BCUT2D eigenvalue weighted by Crippen LogP contribution is -2.55. The fraction of sp³-hybridized carbons (Fsp3) is 0.632. The van der Waals surface area contributed by atoms with Crippen LogP contribution in [0.3, 0.4) is 0 Å². The number of nitrogens with one attached hydrogen (secondary N) is 3. The number of hydrogen-bond acceptors (Lipinski definition) is 5. The Labute approximate surface area is 165 Å². The standard InChI is InChI=1S/C19H30N4O5/c1-11(2)10-20-18(27)13(5)21-19(28)17(12(3)4)22-14(24)8-9-23-15(25)6-7-16(23)26/h6-7,11-13,17H,8-10H2,1-5H3,(H,20,27)(H,21,28)(H,22,24)/t13-,17-/m0/s1. The SMILES string of the molecule is CC(C)CNC(=O)[C@H](C)NC(=O)[C@@H](NC(=O)CCN1C(=O)C=CC1=O)C(C)C. The minimum Gasteiger partial charge on any atom is -0.354 e. The number of nitrogens with zero attached hydrogens (tertiary/aromatic N) is 1. The van der Waals surface area contributed by atoms with Gasteiger partial charge in [0.2, 0.25) is 17.7 Å². The van der Waals surface area contributed by atoms with Gasteiger partial charge in [0.05, 0.1) is 0 Å². The van der Waals surface area contributed by atoms with Crippen molar-refractivity contribution < 1.29 is 24.0 Å². The summed E-state index contributed by atoms with van der Waals surface area (Å²) in [5.74, 6) is -2.07. The van der Waals surface area contributed by atoms with E-state index < -0.39 is 35.7 Å². The lowest BCUT2D eigenvalue weighted by atomic mass is 10.0. The molecule has 28 heavy (non-hydrogen) atoms. The molecule has 9 heteroatoms. The van der Waals surface area contributed by atoms with E-state index >= 15 is 0 Å². The summed E-state index contributed by atoms with van der Waals surface area (Å²) in [5.41, 5.74) is 0. The highest BCUT2D eigenvalue weighted by atomic mass is 16.2. The van der Waals surface area contributed by atoms with Gasteiger partial charge in [0.25, 0.3) is 11.8 Å². The van der Waals surface area contributed by atoms with Crippen molar-refractivity contribution in [2.24, 2.45) is 11.8 Å². The van der Waals surface area contributed by atoms with E-state index in [1.165, 1.54) is 0 Å². The summed E-state index contributed by atoms with van der Waals surface area (Å²) in [6.45, 7) is 9.49. The van der Waals surface area contributed by atoms with Crippen LogP contribution in [0.4, 0.5) is 0 Å². The van der Waals surface area contributed by atoms with Crippen LogP contribution in [-0.2, 0) is 24.0 Å². The van der Waals surface area contributed by atoms with Crippen LogP contribution in [0.25, 0.3) is 0 Å². The van der Waals surface area contributed by atoms with E-state index in [0.29, 0.717) is 12.5 Å². The molecule has 0 spiro atoms. The molecular formula is C19H30N4O5. The van der Waals surface area contributed by atoms with Gasteiger partial charge in [-0.2, -0.15) is 0 Å². The van der Waals surface area contributed by atoms with Gasteiger partial charge in [0.15, 0.2) is 0 Å². The normalized spacial score (nSPS) is 15.8. The minimum atomic E-state index is -0.837. The first-order chi connectivity index (χ1) is 13.0. The molecule has 0 bridgehead atoms. The monoisotopic (exact) mass is 394 g/mol. The molecule has 1 heterocycles. The van der Waals surface area contributed by atoms with Crippen molar-refractivity contribution in [1.82, 2.24) is 20.9 Å². The van der Waals surface area contributed by atoms with Crippen LogP contribution in [-0.4, -0.2) is 59.6 Å². The number of hydrogen-bond donors (Lipinski definition) is 3. The third kappa shape index (κ3) is 7.13. The molecule has 0 unspecified atom stereocenters. The zero-order chi connectivity index (χ0) is 21.4. The maximum absolute atomic E-state index is 12.5. The average Bonchev–Trinajstić information content (AvgIpc) is 2.93. The first-order valence-corrected chi connectivity index (χ1v) is 9.43. The van der Waals surface area contributed by atoms with E-state index in [1.54, 1.807) is 20.8 Å². The Bertz CT molecular complexity index is 639. The first-order valence-electron chi connectivity index (χ1n) is 9.43. The predicted octanol–water partition coefficient (Wildman–Crippen LogP) is -0.281.